The number of amides is 2. The molecule has 0 aliphatic carbocycles. The summed E-state index contributed by atoms with van der Waals surface area (Å²) in [5.74, 6) is -0.324. The first kappa shape index (κ1) is 21.6. The normalized spacial score (nSPS) is 13.7. The summed E-state index contributed by atoms with van der Waals surface area (Å²) in [6.45, 7) is 1.94. The van der Waals surface area contributed by atoms with Crippen LogP contribution in [0.5, 0.6) is 0 Å². The van der Waals surface area contributed by atoms with Crippen LogP contribution in [0.15, 0.2) is 47.4 Å². The van der Waals surface area contributed by atoms with Crippen molar-refractivity contribution >= 4 is 17.5 Å². The summed E-state index contributed by atoms with van der Waals surface area (Å²) < 4.78 is 1.33. The van der Waals surface area contributed by atoms with Gasteiger partial charge in [0.15, 0.2) is 0 Å². The Labute approximate surface area is 177 Å². The van der Waals surface area contributed by atoms with Gasteiger partial charge in [-0.3, -0.25) is 14.4 Å². The van der Waals surface area contributed by atoms with Gasteiger partial charge in [0.05, 0.1) is 5.56 Å². The minimum absolute atomic E-state index is 0.0296. The third-order valence-electron chi connectivity index (χ3n) is 5.41. The van der Waals surface area contributed by atoms with Gasteiger partial charge in [-0.1, -0.05) is 12.1 Å². The van der Waals surface area contributed by atoms with E-state index in [-0.39, 0.29) is 23.9 Å². The number of anilines is 1. The summed E-state index contributed by atoms with van der Waals surface area (Å²) >= 11 is 0. The van der Waals surface area contributed by atoms with Crippen LogP contribution in [0.25, 0.3) is 0 Å². The molecule has 7 nitrogen and oxygen atoms in total. The van der Waals surface area contributed by atoms with Crippen LogP contribution in [0.1, 0.15) is 35.2 Å². The van der Waals surface area contributed by atoms with Crippen LogP contribution in [0.2, 0.25) is 0 Å². The second-order valence-corrected chi connectivity index (χ2v) is 7.89. The first-order chi connectivity index (χ1) is 14.4. The maximum Gasteiger partial charge on any atom is 0.252 e. The highest BCUT2D eigenvalue weighted by molar-refractivity contribution is 5.93. The number of hydrogen-bond donors (Lipinski definition) is 1. The van der Waals surface area contributed by atoms with Crippen molar-refractivity contribution in [3.63, 3.8) is 0 Å². The molecule has 2 amide bonds. The Morgan fingerprint density at radius 2 is 1.70 bits per heavy atom. The maximum absolute atomic E-state index is 12.5. The number of carbonyl (C=O) groups is 2. The van der Waals surface area contributed by atoms with E-state index >= 15 is 0 Å². The van der Waals surface area contributed by atoms with Crippen LogP contribution < -0.4 is 15.8 Å². The number of aromatic nitrogens is 1. The molecule has 2 aromatic rings. The number of hydrogen-bond acceptors (Lipinski definition) is 4. The van der Waals surface area contributed by atoms with E-state index in [1.54, 1.807) is 4.90 Å². The lowest BCUT2D eigenvalue weighted by Crippen LogP contribution is -2.39. The van der Waals surface area contributed by atoms with Crippen molar-refractivity contribution < 1.29 is 9.59 Å². The molecule has 1 aromatic heterocycles. The van der Waals surface area contributed by atoms with Crippen LogP contribution >= 0.6 is 0 Å². The number of piperidine rings is 1. The molecule has 0 atom stereocenters. The lowest BCUT2D eigenvalue weighted by atomic mass is 10.1. The average Bonchev–Trinajstić information content (AvgIpc) is 2.76. The van der Waals surface area contributed by atoms with Gasteiger partial charge in [0.2, 0.25) is 5.91 Å². The van der Waals surface area contributed by atoms with Crippen molar-refractivity contribution in [3.05, 3.63) is 64.1 Å². The molecule has 1 aromatic carbocycles. The molecule has 0 spiro atoms. The van der Waals surface area contributed by atoms with E-state index in [1.807, 2.05) is 43.3 Å². The summed E-state index contributed by atoms with van der Waals surface area (Å²) in [5.41, 5.74) is 2.36. The van der Waals surface area contributed by atoms with Crippen LogP contribution in [-0.4, -0.2) is 55.0 Å². The predicted octanol–water partition coefficient (Wildman–Crippen LogP) is 1.90. The highest BCUT2D eigenvalue weighted by atomic mass is 16.2. The Morgan fingerprint density at radius 3 is 2.37 bits per heavy atom. The number of pyridine rings is 1. The molecule has 160 valence electrons. The van der Waals surface area contributed by atoms with Gasteiger partial charge < -0.3 is 19.7 Å². The molecule has 0 radical (unpaired) electrons. The first-order valence-electron chi connectivity index (χ1n) is 10.5. The molecular formula is C23H30N4O3. The van der Waals surface area contributed by atoms with E-state index < -0.39 is 0 Å². The van der Waals surface area contributed by atoms with Gasteiger partial charge in [-0.05, 0) is 49.4 Å². The smallest absolute Gasteiger partial charge is 0.252 e. The molecule has 2 heterocycles. The molecule has 1 aliphatic rings. The van der Waals surface area contributed by atoms with Crippen LogP contribution in [0.4, 0.5) is 5.69 Å². The fourth-order valence-electron chi connectivity index (χ4n) is 3.56. The molecule has 7 heteroatoms. The Kier molecular flexibility index (Phi) is 7.27. The van der Waals surface area contributed by atoms with Crippen LogP contribution in [-0.2, 0) is 17.8 Å². The van der Waals surface area contributed by atoms with Gasteiger partial charge >= 0.3 is 0 Å². The zero-order chi connectivity index (χ0) is 21.5. The Morgan fingerprint density at radius 1 is 1.00 bits per heavy atom. The number of benzene rings is 1. The molecule has 3 rings (SSSR count). The minimum Gasteiger partial charge on any atom is -0.378 e. The minimum atomic E-state index is -0.280. The fourth-order valence-corrected chi connectivity index (χ4v) is 3.56. The molecule has 1 fully saturated rings. The maximum atomic E-state index is 12.5. The molecule has 30 heavy (non-hydrogen) atoms. The van der Waals surface area contributed by atoms with Crippen molar-refractivity contribution in [2.75, 3.05) is 38.6 Å². The Bertz CT molecular complexity index is 928. The monoisotopic (exact) mass is 410 g/mol. The fraction of sp³-hybridized carbons (Fsp3) is 0.435. The van der Waals surface area contributed by atoms with Gasteiger partial charge in [0, 0.05) is 51.7 Å². The Balaban J connectivity index is 1.56. The summed E-state index contributed by atoms with van der Waals surface area (Å²) in [6.07, 6.45) is 5.33. The standard InChI is InChI=1S/C23H30N4O3/c1-25(2)20-9-6-18(7-10-20)12-13-24-23(30)19-8-11-21(28)27(16-19)17-22(29)26-14-4-3-5-15-26/h6-11,16H,3-5,12-15,17H2,1-2H3,(H,24,30). The predicted molar refractivity (Wildman–Crippen MR) is 118 cm³/mol. The number of carbonyl (C=O) groups excluding carboxylic acids is 2. The SMILES string of the molecule is CN(C)c1ccc(CCNC(=O)c2ccc(=O)n(CC(=O)N3CCCCC3)c2)cc1. The van der Waals surface area contributed by atoms with Crippen molar-refractivity contribution in [3.8, 4) is 0 Å². The molecule has 0 bridgehead atoms. The van der Waals surface area contributed by atoms with Crippen LogP contribution in [0.3, 0.4) is 0 Å². The number of nitrogens with one attached hydrogen (secondary N) is 1. The van der Waals surface area contributed by atoms with Crippen molar-refractivity contribution in [1.82, 2.24) is 14.8 Å². The zero-order valence-corrected chi connectivity index (χ0v) is 17.8. The van der Waals surface area contributed by atoms with Crippen molar-refractivity contribution in [1.29, 1.82) is 0 Å². The number of likely N-dealkylation sites (tertiary alicyclic amines) is 1. The summed E-state index contributed by atoms with van der Waals surface area (Å²) in [4.78, 5) is 40.9. The topological polar surface area (TPSA) is 74.6 Å². The molecule has 0 saturated carbocycles. The summed E-state index contributed by atoms with van der Waals surface area (Å²) in [7, 11) is 3.99. The second kappa shape index (κ2) is 10.1. The average molecular weight is 411 g/mol. The first-order valence-corrected chi connectivity index (χ1v) is 10.5. The molecule has 1 aliphatic heterocycles. The van der Waals surface area contributed by atoms with E-state index in [4.69, 9.17) is 0 Å². The number of rotatable bonds is 7. The molecule has 0 unspecified atom stereocenters. The van der Waals surface area contributed by atoms with Gasteiger partial charge in [-0.15, -0.1) is 0 Å². The molecular weight excluding hydrogens is 380 g/mol. The van der Waals surface area contributed by atoms with E-state index in [1.165, 1.54) is 22.9 Å². The van der Waals surface area contributed by atoms with Crippen molar-refractivity contribution in [2.45, 2.75) is 32.2 Å². The lowest BCUT2D eigenvalue weighted by molar-refractivity contribution is -0.132. The van der Waals surface area contributed by atoms with Gasteiger partial charge in [-0.2, -0.15) is 0 Å². The van der Waals surface area contributed by atoms with Crippen LogP contribution in [0, 0.1) is 0 Å². The largest absolute Gasteiger partial charge is 0.378 e. The van der Waals surface area contributed by atoms with E-state index in [9.17, 15) is 14.4 Å². The van der Waals surface area contributed by atoms with E-state index in [0.717, 1.165) is 43.6 Å². The van der Waals surface area contributed by atoms with E-state index in [0.29, 0.717) is 18.5 Å². The van der Waals surface area contributed by atoms with Crippen molar-refractivity contribution in [2.24, 2.45) is 0 Å². The van der Waals surface area contributed by atoms with Gasteiger partial charge in [0.25, 0.3) is 11.5 Å². The van der Waals surface area contributed by atoms with Gasteiger partial charge in [0.1, 0.15) is 6.54 Å². The van der Waals surface area contributed by atoms with Gasteiger partial charge in [-0.25, -0.2) is 0 Å². The highest BCUT2D eigenvalue weighted by Gasteiger charge is 2.17. The quantitative estimate of drug-likeness (QED) is 0.757. The zero-order valence-electron chi connectivity index (χ0n) is 17.8. The van der Waals surface area contributed by atoms with E-state index in [2.05, 4.69) is 5.32 Å². The Hall–Kier alpha value is -3.09. The molecule has 1 saturated heterocycles. The molecule has 1 N–H and O–H groups in total. The third-order valence-corrected chi connectivity index (χ3v) is 5.41. The third kappa shape index (κ3) is 5.72. The second-order valence-electron chi connectivity index (χ2n) is 7.89. The number of nitrogens with zero attached hydrogens (tertiary/aromatic N) is 3. The lowest BCUT2D eigenvalue weighted by Gasteiger charge is -2.27. The summed E-state index contributed by atoms with van der Waals surface area (Å²) in [5, 5.41) is 2.89. The summed E-state index contributed by atoms with van der Waals surface area (Å²) in [6, 6.07) is 11.0. The highest BCUT2D eigenvalue weighted by Crippen LogP contribution is 2.12.